The van der Waals surface area contributed by atoms with Gasteiger partial charge in [-0.25, -0.2) is 9.38 Å². The van der Waals surface area contributed by atoms with E-state index in [1.54, 1.807) is 12.1 Å². The van der Waals surface area contributed by atoms with Gasteiger partial charge in [-0.05, 0) is 49.8 Å². The average molecular weight is 342 g/mol. The maximum Gasteiger partial charge on any atom is 0.191 e. The van der Waals surface area contributed by atoms with Crippen LogP contribution >= 0.6 is 0 Å². The van der Waals surface area contributed by atoms with Gasteiger partial charge in [0.15, 0.2) is 5.96 Å². The Labute approximate surface area is 149 Å². The van der Waals surface area contributed by atoms with Gasteiger partial charge in [-0.1, -0.05) is 36.4 Å². The lowest BCUT2D eigenvalue weighted by Gasteiger charge is -2.12. The molecule has 2 aromatic rings. The van der Waals surface area contributed by atoms with Crippen LogP contribution in [0.5, 0.6) is 0 Å². The molecule has 0 amide bonds. The predicted molar refractivity (Wildman–Crippen MR) is 102 cm³/mol. The zero-order valence-electron chi connectivity index (χ0n) is 15.2. The van der Waals surface area contributed by atoms with E-state index in [-0.39, 0.29) is 5.82 Å². The van der Waals surface area contributed by atoms with Crippen LogP contribution in [0.15, 0.2) is 53.5 Å². The topological polar surface area (TPSA) is 39.7 Å². The Kier molecular flexibility index (Phi) is 7.41. The van der Waals surface area contributed by atoms with E-state index in [2.05, 4.69) is 58.9 Å². The fraction of sp³-hybridized carbons (Fsp3) is 0.350. The number of halogens is 1. The number of hydrogen-bond donors (Lipinski definition) is 2. The third kappa shape index (κ3) is 6.93. The van der Waals surface area contributed by atoms with Gasteiger partial charge < -0.3 is 15.5 Å². The van der Waals surface area contributed by atoms with E-state index in [1.165, 1.54) is 23.3 Å². The summed E-state index contributed by atoms with van der Waals surface area (Å²) in [5.74, 6) is 0.534. The molecule has 134 valence electrons. The van der Waals surface area contributed by atoms with Crippen LogP contribution < -0.4 is 10.6 Å². The molecule has 2 rings (SSSR count). The second kappa shape index (κ2) is 9.79. The summed E-state index contributed by atoms with van der Waals surface area (Å²) in [5.41, 5.74) is 3.47. The van der Waals surface area contributed by atoms with Crippen molar-refractivity contribution in [1.29, 1.82) is 0 Å². The smallest absolute Gasteiger partial charge is 0.191 e. The fourth-order valence-corrected chi connectivity index (χ4v) is 2.49. The molecule has 2 aromatic carbocycles. The molecule has 0 bridgehead atoms. The van der Waals surface area contributed by atoms with Crippen molar-refractivity contribution in [2.75, 3.05) is 20.6 Å². The molecule has 4 nitrogen and oxygen atoms in total. The Morgan fingerprint density at radius 2 is 1.72 bits per heavy atom. The number of nitrogens with one attached hydrogen (secondary N) is 2. The lowest BCUT2D eigenvalue weighted by Crippen LogP contribution is -2.36. The monoisotopic (exact) mass is 342 g/mol. The highest BCUT2D eigenvalue weighted by molar-refractivity contribution is 5.79. The van der Waals surface area contributed by atoms with E-state index in [0.29, 0.717) is 13.1 Å². The number of hydrogen-bond acceptors (Lipinski definition) is 2. The van der Waals surface area contributed by atoms with Gasteiger partial charge in [0.05, 0.1) is 6.54 Å². The first kappa shape index (κ1) is 18.9. The van der Waals surface area contributed by atoms with Gasteiger partial charge in [0.25, 0.3) is 0 Å². The highest BCUT2D eigenvalue weighted by atomic mass is 19.1. The average Bonchev–Trinajstić information content (AvgIpc) is 2.58. The van der Waals surface area contributed by atoms with Crippen LogP contribution in [0, 0.1) is 5.82 Å². The lowest BCUT2D eigenvalue weighted by molar-refractivity contribution is 0.402. The molecular weight excluding hydrogens is 315 g/mol. The van der Waals surface area contributed by atoms with E-state index in [1.807, 2.05) is 6.92 Å². The van der Waals surface area contributed by atoms with Crippen molar-refractivity contribution in [3.63, 3.8) is 0 Å². The molecule has 0 radical (unpaired) electrons. The zero-order valence-corrected chi connectivity index (χ0v) is 15.2. The normalized spacial score (nSPS) is 11.6. The molecule has 0 saturated carbocycles. The molecule has 0 heterocycles. The van der Waals surface area contributed by atoms with Gasteiger partial charge >= 0.3 is 0 Å². The third-order valence-corrected chi connectivity index (χ3v) is 3.63. The molecule has 0 fully saturated rings. The van der Waals surface area contributed by atoms with Crippen LogP contribution in [-0.4, -0.2) is 31.5 Å². The standard InChI is InChI=1S/C20H27FN4/c1-4-22-20(23-13-16-8-10-19(21)11-9-16)24-14-17-6-5-7-18(12-17)15-25(2)3/h5-12H,4,13-15H2,1-3H3,(H2,22,23,24). The Balaban J connectivity index is 1.97. The van der Waals surface area contributed by atoms with Gasteiger partial charge in [0.1, 0.15) is 5.82 Å². The molecular formula is C20H27FN4. The highest BCUT2D eigenvalue weighted by Crippen LogP contribution is 2.08. The molecule has 0 unspecified atom stereocenters. The quantitative estimate of drug-likeness (QED) is 0.600. The van der Waals surface area contributed by atoms with Gasteiger partial charge in [0, 0.05) is 19.6 Å². The summed E-state index contributed by atoms with van der Waals surface area (Å²) in [4.78, 5) is 6.79. The van der Waals surface area contributed by atoms with E-state index >= 15 is 0 Å². The Bertz CT molecular complexity index is 680. The Morgan fingerprint density at radius 1 is 1.00 bits per heavy atom. The maximum atomic E-state index is 13.0. The fourth-order valence-electron chi connectivity index (χ4n) is 2.49. The van der Waals surface area contributed by atoms with Gasteiger partial charge in [-0.15, -0.1) is 0 Å². The number of benzene rings is 2. The van der Waals surface area contributed by atoms with E-state index in [9.17, 15) is 4.39 Å². The van der Waals surface area contributed by atoms with E-state index < -0.39 is 0 Å². The molecule has 0 aliphatic carbocycles. The van der Waals surface area contributed by atoms with Crippen molar-refractivity contribution in [3.05, 3.63) is 71.0 Å². The zero-order chi connectivity index (χ0) is 18.1. The van der Waals surface area contributed by atoms with Crippen molar-refractivity contribution >= 4 is 5.96 Å². The van der Waals surface area contributed by atoms with Gasteiger partial charge in [0.2, 0.25) is 0 Å². The third-order valence-electron chi connectivity index (χ3n) is 3.63. The molecule has 25 heavy (non-hydrogen) atoms. The van der Waals surface area contributed by atoms with Crippen LogP contribution in [-0.2, 0) is 19.6 Å². The van der Waals surface area contributed by atoms with Crippen molar-refractivity contribution < 1.29 is 4.39 Å². The molecule has 0 saturated heterocycles. The van der Waals surface area contributed by atoms with Gasteiger partial charge in [-0.2, -0.15) is 0 Å². The number of rotatable bonds is 7. The largest absolute Gasteiger partial charge is 0.357 e. The number of guanidine groups is 1. The molecule has 0 aliphatic heterocycles. The van der Waals surface area contributed by atoms with Crippen LogP contribution in [0.1, 0.15) is 23.6 Å². The summed E-state index contributed by atoms with van der Waals surface area (Å²) in [6.45, 7) is 4.95. The van der Waals surface area contributed by atoms with E-state index in [0.717, 1.165) is 24.6 Å². The first-order valence-corrected chi connectivity index (χ1v) is 8.56. The summed E-state index contributed by atoms with van der Waals surface area (Å²) in [6.07, 6.45) is 0. The van der Waals surface area contributed by atoms with Crippen LogP contribution in [0.4, 0.5) is 4.39 Å². The van der Waals surface area contributed by atoms with Crippen LogP contribution in [0.2, 0.25) is 0 Å². The minimum Gasteiger partial charge on any atom is -0.357 e. The second-order valence-electron chi connectivity index (χ2n) is 6.23. The first-order valence-electron chi connectivity index (χ1n) is 8.56. The summed E-state index contributed by atoms with van der Waals surface area (Å²) in [7, 11) is 4.13. The van der Waals surface area contributed by atoms with Crippen molar-refractivity contribution in [2.45, 2.75) is 26.6 Å². The van der Waals surface area contributed by atoms with E-state index in [4.69, 9.17) is 0 Å². The Morgan fingerprint density at radius 3 is 2.40 bits per heavy atom. The molecule has 0 spiro atoms. The lowest BCUT2D eigenvalue weighted by atomic mass is 10.1. The summed E-state index contributed by atoms with van der Waals surface area (Å²) in [5, 5.41) is 6.52. The van der Waals surface area contributed by atoms with Crippen LogP contribution in [0.3, 0.4) is 0 Å². The minimum absolute atomic E-state index is 0.220. The predicted octanol–water partition coefficient (Wildman–Crippen LogP) is 3.14. The summed E-state index contributed by atoms with van der Waals surface area (Å²) < 4.78 is 13.0. The van der Waals surface area contributed by atoms with Gasteiger partial charge in [-0.3, -0.25) is 0 Å². The molecule has 0 aliphatic rings. The summed E-state index contributed by atoms with van der Waals surface area (Å²) >= 11 is 0. The Hall–Kier alpha value is -2.40. The summed E-state index contributed by atoms with van der Waals surface area (Å²) in [6, 6.07) is 15.0. The van der Waals surface area contributed by atoms with Crippen LogP contribution in [0.25, 0.3) is 0 Å². The minimum atomic E-state index is -0.220. The number of nitrogens with zero attached hydrogens (tertiary/aromatic N) is 2. The molecule has 0 atom stereocenters. The van der Waals surface area contributed by atoms with Crippen molar-refractivity contribution in [3.8, 4) is 0 Å². The molecule has 0 aromatic heterocycles. The van der Waals surface area contributed by atoms with Crippen molar-refractivity contribution in [1.82, 2.24) is 15.5 Å². The number of aliphatic imine (C=N–C) groups is 1. The highest BCUT2D eigenvalue weighted by Gasteiger charge is 2.01. The maximum absolute atomic E-state index is 13.0. The molecule has 5 heteroatoms. The van der Waals surface area contributed by atoms with Crippen molar-refractivity contribution in [2.24, 2.45) is 4.99 Å². The SMILES string of the molecule is CCNC(=NCc1cccc(CN(C)C)c1)NCc1ccc(F)cc1. The first-order chi connectivity index (χ1) is 12.1. The molecule has 2 N–H and O–H groups in total. The second-order valence-corrected chi connectivity index (χ2v) is 6.23.